The van der Waals surface area contributed by atoms with Crippen LogP contribution in [0.2, 0.25) is 6.04 Å². The lowest BCUT2D eigenvalue weighted by Crippen LogP contribution is -2.51. The minimum Gasteiger partial charge on any atom is -0.374 e. The van der Waals surface area contributed by atoms with Crippen molar-refractivity contribution in [2.24, 2.45) is 0 Å². The van der Waals surface area contributed by atoms with Crippen molar-refractivity contribution in [1.29, 1.82) is 0 Å². The number of hydrogen-bond acceptors (Lipinski definition) is 6. The molecule has 0 N–H and O–H groups in total. The first-order chi connectivity index (χ1) is 8.45. The maximum Gasteiger partial charge on any atom is 0.503 e. The Kier molecular flexibility index (Phi) is 10.0. The molecule has 0 aromatic heterocycles. The largest absolute Gasteiger partial charge is 0.503 e. The molecule has 0 saturated carbocycles. The summed E-state index contributed by atoms with van der Waals surface area (Å²) < 4.78 is 23.0. The lowest BCUT2D eigenvalue weighted by molar-refractivity contribution is -0.130. The zero-order valence-electron chi connectivity index (χ0n) is 11.8. The quantitative estimate of drug-likeness (QED) is 0.349. The van der Waals surface area contributed by atoms with Crippen LogP contribution in [-0.2, 0) is 18.0 Å². The Morgan fingerprint density at radius 1 is 1.06 bits per heavy atom. The molecule has 0 aromatic rings. The molecule has 110 valence electrons. The van der Waals surface area contributed by atoms with E-state index >= 15 is 0 Å². The molecule has 0 heterocycles. The van der Waals surface area contributed by atoms with Gasteiger partial charge in [-0.2, -0.15) is 12.6 Å². The van der Waals surface area contributed by atoms with Crippen molar-refractivity contribution in [3.8, 4) is 0 Å². The summed E-state index contributed by atoms with van der Waals surface area (Å²) in [4.78, 5) is 0. The van der Waals surface area contributed by atoms with Gasteiger partial charge in [0, 0.05) is 25.9 Å². The second-order valence-corrected chi connectivity index (χ2v) is 7.72. The average molecular weight is 315 g/mol. The van der Waals surface area contributed by atoms with Crippen molar-refractivity contribution < 1.29 is 18.0 Å². The fourth-order valence-corrected chi connectivity index (χ4v) is 5.34. The first-order valence-corrected chi connectivity index (χ1v) is 9.41. The summed E-state index contributed by atoms with van der Waals surface area (Å²) in [5, 5.41) is -0.984. The van der Waals surface area contributed by atoms with Crippen molar-refractivity contribution >= 4 is 34.1 Å². The predicted octanol–water partition coefficient (Wildman–Crippen LogP) is 2.97. The zero-order chi connectivity index (χ0) is 14.1. The molecule has 0 radical (unpaired) electrons. The van der Waals surface area contributed by atoms with Gasteiger partial charge in [0.1, 0.15) is 0 Å². The third kappa shape index (κ3) is 7.37. The molecule has 18 heavy (non-hydrogen) atoms. The summed E-state index contributed by atoms with van der Waals surface area (Å²) in [5.74, 6) is 0.774. The standard InChI is InChI=1S/C11H26O4S2Si/c1-5-12-11(4,17)15-18(13-6-2,14-7-3)10-8-9-16/h16-17H,5-10H2,1-4H3. The van der Waals surface area contributed by atoms with E-state index in [0.717, 1.165) is 18.2 Å². The Hall–Kier alpha value is 0.757. The third-order valence-electron chi connectivity index (χ3n) is 2.13. The summed E-state index contributed by atoms with van der Waals surface area (Å²) in [5.41, 5.74) is 0. The van der Waals surface area contributed by atoms with Gasteiger partial charge in [0.2, 0.25) is 5.12 Å². The second-order valence-electron chi connectivity index (χ2n) is 3.81. The van der Waals surface area contributed by atoms with E-state index in [-0.39, 0.29) is 0 Å². The molecule has 4 nitrogen and oxygen atoms in total. The van der Waals surface area contributed by atoms with Gasteiger partial charge in [-0.05, 0) is 39.9 Å². The Morgan fingerprint density at radius 2 is 1.61 bits per heavy atom. The van der Waals surface area contributed by atoms with E-state index < -0.39 is 13.9 Å². The van der Waals surface area contributed by atoms with Crippen molar-refractivity contribution in [3.63, 3.8) is 0 Å². The molecule has 1 atom stereocenters. The first-order valence-electron chi connectivity index (χ1n) is 6.40. The molecule has 0 aliphatic rings. The average Bonchev–Trinajstić information content (AvgIpc) is 2.26. The number of rotatable bonds is 11. The third-order valence-corrected chi connectivity index (χ3v) is 5.96. The van der Waals surface area contributed by atoms with Crippen molar-refractivity contribution in [1.82, 2.24) is 0 Å². The van der Waals surface area contributed by atoms with Gasteiger partial charge in [-0.15, -0.1) is 12.6 Å². The van der Waals surface area contributed by atoms with Gasteiger partial charge in [-0.25, -0.2) is 0 Å². The highest BCUT2D eigenvalue weighted by molar-refractivity contribution is 7.81. The van der Waals surface area contributed by atoms with Crippen LogP contribution in [0.15, 0.2) is 0 Å². The summed E-state index contributed by atoms with van der Waals surface area (Å²) in [7, 11) is -2.74. The molecule has 0 rings (SSSR count). The van der Waals surface area contributed by atoms with E-state index in [9.17, 15) is 0 Å². The molecule has 7 heteroatoms. The van der Waals surface area contributed by atoms with Crippen LogP contribution in [0.1, 0.15) is 34.1 Å². The number of thiol groups is 2. The zero-order valence-corrected chi connectivity index (χ0v) is 14.6. The minimum absolute atomic E-state index is 0.523. The molecule has 0 aliphatic carbocycles. The monoisotopic (exact) mass is 314 g/mol. The van der Waals surface area contributed by atoms with Crippen molar-refractivity contribution in [3.05, 3.63) is 0 Å². The fraction of sp³-hybridized carbons (Fsp3) is 1.00. The lowest BCUT2D eigenvalue weighted by Gasteiger charge is -2.36. The molecule has 0 amide bonds. The van der Waals surface area contributed by atoms with Crippen LogP contribution in [0.5, 0.6) is 0 Å². The number of hydrogen-bond donors (Lipinski definition) is 2. The maximum absolute atomic E-state index is 5.95. The van der Waals surface area contributed by atoms with Gasteiger partial charge in [0.15, 0.2) is 0 Å². The molecule has 0 aliphatic heterocycles. The highest BCUT2D eigenvalue weighted by Gasteiger charge is 2.45. The number of ether oxygens (including phenoxy) is 1. The molecule has 0 aromatic carbocycles. The van der Waals surface area contributed by atoms with Gasteiger partial charge >= 0.3 is 8.80 Å². The van der Waals surface area contributed by atoms with E-state index in [1.54, 1.807) is 6.92 Å². The summed E-state index contributed by atoms with van der Waals surface area (Å²) >= 11 is 8.61. The summed E-state index contributed by atoms with van der Waals surface area (Å²) in [6.45, 7) is 9.15. The smallest absolute Gasteiger partial charge is 0.374 e. The van der Waals surface area contributed by atoms with Crippen molar-refractivity contribution in [2.45, 2.75) is 45.3 Å². The molecule has 0 fully saturated rings. The molecular weight excluding hydrogens is 288 g/mol. The SMILES string of the molecule is CCOC(C)(S)O[Si](CCCS)(OCC)OCC. The normalized spacial score (nSPS) is 15.7. The highest BCUT2D eigenvalue weighted by Crippen LogP contribution is 2.28. The van der Waals surface area contributed by atoms with Gasteiger partial charge in [0.25, 0.3) is 0 Å². The van der Waals surface area contributed by atoms with Crippen LogP contribution in [0, 0.1) is 0 Å². The summed E-state index contributed by atoms with van der Waals surface area (Å²) in [6.07, 6.45) is 0.880. The minimum atomic E-state index is -2.74. The Balaban J connectivity index is 4.78. The molecular formula is C11H26O4S2Si. The predicted molar refractivity (Wildman–Crippen MR) is 82.4 cm³/mol. The van der Waals surface area contributed by atoms with Gasteiger partial charge in [0.05, 0.1) is 0 Å². The van der Waals surface area contributed by atoms with Gasteiger partial charge in [-0.3, -0.25) is 0 Å². The van der Waals surface area contributed by atoms with E-state index in [1.807, 2.05) is 20.8 Å². The van der Waals surface area contributed by atoms with Crippen LogP contribution >= 0.6 is 25.3 Å². The summed E-state index contributed by atoms with van der Waals surface area (Å²) in [6, 6.07) is 0.724. The highest BCUT2D eigenvalue weighted by atomic mass is 32.1. The van der Waals surface area contributed by atoms with Crippen LogP contribution < -0.4 is 0 Å². The lowest BCUT2D eigenvalue weighted by atomic mass is 10.6. The van der Waals surface area contributed by atoms with Crippen LogP contribution in [0.3, 0.4) is 0 Å². The Bertz CT molecular complexity index is 211. The maximum atomic E-state index is 5.95. The fourth-order valence-electron chi connectivity index (χ4n) is 1.62. The van der Waals surface area contributed by atoms with Crippen LogP contribution in [0.25, 0.3) is 0 Å². The Morgan fingerprint density at radius 3 is 2.00 bits per heavy atom. The van der Waals surface area contributed by atoms with E-state index in [4.69, 9.17) is 18.0 Å². The van der Waals surface area contributed by atoms with Gasteiger partial charge < -0.3 is 18.0 Å². The van der Waals surface area contributed by atoms with E-state index in [2.05, 4.69) is 25.3 Å². The van der Waals surface area contributed by atoms with Gasteiger partial charge in [-0.1, -0.05) is 0 Å². The molecule has 1 unspecified atom stereocenters. The molecule has 0 spiro atoms. The van der Waals surface area contributed by atoms with Crippen molar-refractivity contribution in [2.75, 3.05) is 25.6 Å². The molecule has 0 bridgehead atoms. The van der Waals surface area contributed by atoms with E-state index in [1.165, 1.54) is 0 Å². The van der Waals surface area contributed by atoms with Crippen LogP contribution in [-0.4, -0.2) is 39.5 Å². The molecule has 0 saturated heterocycles. The van der Waals surface area contributed by atoms with Crippen LogP contribution in [0.4, 0.5) is 0 Å². The first kappa shape index (κ1) is 18.8. The second kappa shape index (κ2) is 9.63. The Labute approximate surface area is 123 Å². The van der Waals surface area contributed by atoms with E-state index in [0.29, 0.717) is 19.8 Å². The topological polar surface area (TPSA) is 36.9 Å².